The Bertz CT molecular complexity index is 2630. The van der Waals surface area contributed by atoms with Crippen LogP contribution in [0.2, 0.25) is 0 Å². The Labute approximate surface area is 441 Å². The average molecular weight is 1060 g/mol. The third-order valence-electron chi connectivity index (χ3n) is 12.7. The van der Waals surface area contributed by atoms with Crippen LogP contribution in [-0.4, -0.2) is 170 Å². The number of piperazine rings is 2. The summed E-state index contributed by atoms with van der Waals surface area (Å²) in [7, 11) is 7.64. The molecule has 0 radical (unpaired) electrons. The van der Waals surface area contributed by atoms with Crippen molar-refractivity contribution in [2.75, 3.05) is 126 Å². The highest BCUT2D eigenvalue weighted by atomic mass is 35.5. The number of ether oxygens (including phenoxy) is 4. The number of hydrogen-bond acceptors (Lipinski definition) is 14. The molecule has 75 heavy (non-hydrogen) atoms. The van der Waals surface area contributed by atoms with Crippen LogP contribution in [0.1, 0.15) is 58.5 Å². The third kappa shape index (κ3) is 15.5. The van der Waals surface area contributed by atoms with Crippen LogP contribution in [0.25, 0.3) is 0 Å². The Morgan fingerprint density at radius 2 is 1.03 bits per heavy atom. The highest BCUT2D eigenvalue weighted by Gasteiger charge is 2.34. The zero-order valence-corrected chi connectivity index (χ0v) is 44.2. The molecule has 0 spiro atoms. The van der Waals surface area contributed by atoms with Gasteiger partial charge in [-0.2, -0.15) is 0 Å². The van der Waals surface area contributed by atoms with Gasteiger partial charge in [0, 0.05) is 64.8 Å². The molecule has 8 rings (SSSR count). The number of esters is 2. The van der Waals surface area contributed by atoms with Gasteiger partial charge < -0.3 is 48.8 Å². The fourth-order valence-corrected chi connectivity index (χ4v) is 8.84. The van der Waals surface area contributed by atoms with Gasteiger partial charge >= 0.3 is 24.1 Å². The van der Waals surface area contributed by atoms with Crippen LogP contribution in [0, 0.1) is 11.6 Å². The summed E-state index contributed by atoms with van der Waals surface area (Å²) in [6, 6.07) is 23.3. The number of alkyl halides is 1. The van der Waals surface area contributed by atoms with Crippen LogP contribution < -0.4 is 24.9 Å². The highest BCUT2D eigenvalue weighted by molar-refractivity contribution is 6.17. The van der Waals surface area contributed by atoms with E-state index in [9.17, 15) is 37.5 Å². The van der Waals surface area contributed by atoms with E-state index >= 15 is 0 Å². The van der Waals surface area contributed by atoms with Crippen LogP contribution in [0.5, 0.6) is 0 Å². The predicted octanol–water partition coefficient (Wildman–Crippen LogP) is 6.77. The van der Waals surface area contributed by atoms with Crippen molar-refractivity contribution in [3.8, 4) is 0 Å². The standard InChI is InChI=1S/C27H33FN4O5.C25H27ClFN3O5.C2H7N/c1-4-22-17-32(27(35)37-22)21-8-9-24(23(28)15-21)30-10-12-31(13-11-30)25(33)18-36-26(34)20-7-5-6-19(14-20)16-29(2)3;1-2-20-15-30(25(33)35-20)19-6-7-22(21(27)13-19)28-8-10-29(11-9-28)23(31)16-34-24(32)18-5-3-4-17(12-18)14-26;1-3-2/h5-9,14-15,22H,4,10-13,16-18H2,1-3H3;3-7,12-13,20H,2,8-11,14-16H2,1H3;3H,1-2H3/t22-;20-;/m00./s1. The maximum atomic E-state index is 15.0. The molecule has 1 N–H and O–H groups in total. The summed E-state index contributed by atoms with van der Waals surface area (Å²) in [6.45, 7) is 7.89. The minimum Gasteiger partial charge on any atom is -0.452 e. The number of nitrogens with one attached hydrogen (secondary N) is 1. The monoisotopic (exact) mass is 1060 g/mol. The Hall–Kier alpha value is -7.03. The Morgan fingerprint density at radius 1 is 0.627 bits per heavy atom. The normalized spacial score (nSPS) is 17.4. The third-order valence-corrected chi connectivity index (χ3v) is 13.0. The maximum absolute atomic E-state index is 15.0. The number of hydrogen-bond donors (Lipinski definition) is 1. The minimum absolute atomic E-state index is 0.187. The fourth-order valence-electron chi connectivity index (χ4n) is 8.67. The first-order valence-electron chi connectivity index (χ1n) is 25.0. The lowest BCUT2D eigenvalue weighted by molar-refractivity contribution is -0.135. The van der Waals surface area contributed by atoms with Crippen molar-refractivity contribution < 1.29 is 56.5 Å². The van der Waals surface area contributed by atoms with Crippen LogP contribution >= 0.6 is 11.6 Å². The molecule has 2 atom stereocenters. The zero-order chi connectivity index (χ0) is 54.2. The van der Waals surface area contributed by atoms with Crippen LogP contribution in [0.15, 0.2) is 84.9 Å². The van der Waals surface area contributed by atoms with Gasteiger partial charge in [-0.15, -0.1) is 11.6 Å². The summed E-state index contributed by atoms with van der Waals surface area (Å²) in [5.41, 5.74) is 4.26. The molecule has 0 aromatic heterocycles. The molecule has 4 fully saturated rings. The van der Waals surface area contributed by atoms with Crippen molar-refractivity contribution in [2.45, 2.75) is 51.3 Å². The van der Waals surface area contributed by atoms with Gasteiger partial charge in [0.2, 0.25) is 0 Å². The minimum atomic E-state index is -0.585. The van der Waals surface area contributed by atoms with Gasteiger partial charge in [-0.3, -0.25) is 19.4 Å². The number of cyclic esters (lactones) is 2. The average Bonchev–Trinajstić information content (AvgIpc) is 4.00. The maximum Gasteiger partial charge on any atom is 0.414 e. The molecule has 4 aliphatic heterocycles. The van der Waals surface area contributed by atoms with E-state index in [1.54, 1.807) is 76.5 Å². The zero-order valence-electron chi connectivity index (χ0n) is 43.4. The van der Waals surface area contributed by atoms with Gasteiger partial charge in [-0.05, 0) is 113 Å². The summed E-state index contributed by atoms with van der Waals surface area (Å²) in [4.78, 5) is 85.7. The molecule has 4 amide bonds. The molecule has 4 aromatic carbocycles. The highest BCUT2D eigenvalue weighted by Crippen LogP contribution is 2.31. The molecule has 4 saturated heterocycles. The van der Waals surface area contributed by atoms with Crippen molar-refractivity contribution in [3.63, 3.8) is 0 Å². The lowest BCUT2D eigenvalue weighted by atomic mass is 10.1. The van der Waals surface area contributed by atoms with Gasteiger partial charge in [0.1, 0.15) is 23.8 Å². The molecule has 4 heterocycles. The molecule has 18 nitrogen and oxygen atoms in total. The van der Waals surface area contributed by atoms with E-state index in [0.29, 0.717) is 119 Å². The van der Waals surface area contributed by atoms with Crippen molar-refractivity contribution >= 4 is 70.3 Å². The first-order valence-corrected chi connectivity index (χ1v) is 25.5. The number of amides is 4. The fraction of sp³-hybridized carbons (Fsp3) is 0.444. The molecule has 0 unspecified atom stereocenters. The molecular weight excluding hydrogens is 994 g/mol. The van der Waals surface area contributed by atoms with Crippen molar-refractivity contribution in [3.05, 3.63) is 119 Å². The van der Waals surface area contributed by atoms with Crippen LogP contribution in [0.3, 0.4) is 0 Å². The Balaban J connectivity index is 0.000000232. The quantitative estimate of drug-likeness (QED) is 0.0751. The first kappa shape index (κ1) is 57.3. The molecule has 4 aromatic rings. The van der Waals surface area contributed by atoms with E-state index in [1.807, 2.05) is 62.8 Å². The lowest BCUT2D eigenvalue weighted by Crippen LogP contribution is -2.50. The molecule has 0 saturated carbocycles. The number of halogens is 3. The Kier molecular flexibility index (Phi) is 21.0. The van der Waals surface area contributed by atoms with Crippen molar-refractivity contribution in [1.82, 2.24) is 20.0 Å². The number of benzene rings is 4. The van der Waals surface area contributed by atoms with Crippen molar-refractivity contribution in [1.29, 1.82) is 0 Å². The summed E-state index contributed by atoms with van der Waals surface area (Å²) in [6.07, 6.45) is 0.0947. The Morgan fingerprint density at radius 3 is 1.39 bits per heavy atom. The summed E-state index contributed by atoms with van der Waals surface area (Å²) in [5, 5.41) is 2.75. The van der Waals surface area contributed by atoms with Crippen molar-refractivity contribution in [2.24, 2.45) is 0 Å². The van der Waals surface area contributed by atoms with Crippen LogP contribution in [0.4, 0.5) is 41.1 Å². The summed E-state index contributed by atoms with van der Waals surface area (Å²) in [5.74, 6) is -2.32. The van der Waals surface area contributed by atoms with E-state index in [-0.39, 0.29) is 43.1 Å². The number of rotatable bonds is 15. The molecule has 21 heteroatoms. The smallest absolute Gasteiger partial charge is 0.414 e. The molecular formula is C54H67ClF2N8O10. The van der Waals surface area contributed by atoms with E-state index < -0.39 is 35.8 Å². The second kappa shape index (κ2) is 27.5. The predicted molar refractivity (Wildman–Crippen MR) is 282 cm³/mol. The number of anilines is 4. The molecule has 0 bridgehead atoms. The summed E-state index contributed by atoms with van der Waals surface area (Å²) >= 11 is 5.79. The molecule has 404 valence electrons. The second-order valence-electron chi connectivity index (χ2n) is 18.5. The van der Waals surface area contributed by atoms with Gasteiger partial charge in [0.05, 0.1) is 47.0 Å². The first-order chi connectivity index (χ1) is 36.0. The van der Waals surface area contributed by atoms with Gasteiger partial charge in [0.15, 0.2) is 13.2 Å². The van der Waals surface area contributed by atoms with Gasteiger partial charge in [-0.1, -0.05) is 38.1 Å². The number of nitrogens with zero attached hydrogens (tertiary/aromatic N) is 7. The largest absolute Gasteiger partial charge is 0.452 e. The molecule has 4 aliphatic rings. The van der Waals surface area contributed by atoms with E-state index in [0.717, 1.165) is 11.1 Å². The second-order valence-corrected chi connectivity index (χ2v) is 18.7. The van der Waals surface area contributed by atoms with Gasteiger partial charge in [-0.25, -0.2) is 28.0 Å². The number of carbonyl (C=O) groups is 6. The number of carbonyl (C=O) groups excluding carboxylic acids is 6. The van der Waals surface area contributed by atoms with E-state index in [4.69, 9.17) is 30.5 Å². The topological polar surface area (TPSA) is 174 Å². The molecule has 0 aliphatic carbocycles. The summed E-state index contributed by atoms with van der Waals surface area (Å²) < 4.78 is 50.8. The van der Waals surface area contributed by atoms with E-state index in [2.05, 4.69) is 5.32 Å². The van der Waals surface area contributed by atoms with Crippen LogP contribution in [-0.2, 0) is 41.0 Å². The SMILES string of the molecule is CC[C@H]1CN(c2ccc(N3CCN(C(=O)COC(=O)c4cccc(CCl)c4)CC3)c(F)c2)C(=O)O1.CC[C@H]1CN(c2ccc(N3CCN(C(=O)COC(=O)c4cccc(CN(C)C)c4)CC3)c(F)c2)C(=O)O1.CNC. The van der Waals surface area contributed by atoms with Gasteiger partial charge in [0.25, 0.3) is 11.8 Å². The lowest BCUT2D eigenvalue weighted by Gasteiger charge is -2.36. The van der Waals surface area contributed by atoms with E-state index in [1.165, 1.54) is 21.9 Å².